The zero-order valence-corrected chi connectivity index (χ0v) is 20.6. The first kappa shape index (κ1) is 19.3. The number of para-hydroxylation sites is 2. The van der Waals surface area contributed by atoms with Crippen LogP contribution in [-0.4, -0.2) is 15.7 Å². The summed E-state index contributed by atoms with van der Waals surface area (Å²) < 4.78 is 11.3. The van der Waals surface area contributed by atoms with Crippen LogP contribution < -0.4 is 4.74 Å². The number of hydrogen-bond donors (Lipinski definition) is 0. The van der Waals surface area contributed by atoms with E-state index in [0.717, 1.165) is 16.6 Å². The normalized spacial score (nSPS) is 18.1. The van der Waals surface area contributed by atoms with E-state index in [9.17, 15) is 0 Å². The smallest absolute Gasteiger partial charge is 0.195 e. The molecule has 0 bridgehead atoms. The molecule has 4 heterocycles. The second-order valence-corrected chi connectivity index (χ2v) is 11.6. The molecule has 4 aromatic carbocycles. The molecule has 5 heteroatoms. The summed E-state index contributed by atoms with van der Waals surface area (Å²) in [7, 11) is 0. The molecule has 1 aliphatic heterocycles. The van der Waals surface area contributed by atoms with Crippen LogP contribution in [0.3, 0.4) is 0 Å². The SMILES string of the molecule is C1=CC2Oc3ccccc3C2c2sc(-n3c4ccccc4c4ccc5c6ccccc6sc5c43)nc21. The van der Waals surface area contributed by atoms with Crippen LogP contribution in [0.1, 0.15) is 22.1 Å². The van der Waals surface area contributed by atoms with Crippen LogP contribution in [0.5, 0.6) is 5.75 Å². The highest BCUT2D eigenvalue weighted by Gasteiger charge is 2.39. The molecule has 0 fully saturated rings. The van der Waals surface area contributed by atoms with Crippen molar-refractivity contribution < 1.29 is 4.74 Å². The average molecular weight is 499 g/mol. The van der Waals surface area contributed by atoms with Gasteiger partial charge in [-0.1, -0.05) is 78.1 Å². The highest BCUT2D eigenvalue weighted by molar-refractivity contribution is 7.26. The van der Waals surface area contributed by atoms with Crippen molar-refractivity contribution in [2.75, 3.05) is 0 Å². The molecule has 0 N–H and O–H groups in total. The van der Waals surface area contributed by atoms with Crippen LogP contribution in [0.25, 0.3) is 53.2 Å². The van der Waals surface area contributed by atoms with Crippen molar-refractivity contribution in [1.29, 1.82) is 0 Å². The highest BCUT2D eigenvalue weighted by atomic mass is 32.1. The molecule has 0 saturated carbocycles. The summed E-state index contributed by atoms with van der Waals surface area (Å²) in [5, 5.41) is 6.20. The first-order valence-corrected chi connectivity index (χ1v) is 13.8. The third kappa shape index (κ3) is 2.39. The van der Waals surface area contributed by atoms with Gasteiger partial charge in [-0.3, -0.25) is 4.57 Å². The van der Waals surface area contributed by atoms with Crippen LogP contribution in [-0.2, 0) is 0 Å². The molecule has 170 valence electrons. The number of nitrogens with zero attached hydrogens (tertiary/aromatic N) is 2. The molecule has 1 aliphatic carbocycles. The van der Waals surface area contributed by atoms with E-state index in [4.69, 9.17) is 9.72 Å². The number of thiazole rings is 1. The fraction of sp³-hybridized carbons (Fsp3) is 0.0645. The minimum Gasteiger partial charge on any atom is -0.485 e. The lowest BCUT2D eigenvalue weighted by atomic mass is 9.89. The molecule has 0 amide bonds. The molecular formula is C31H18N2OS2. The lowest BCUT2D eigenvalue weighted by Crippen LogP contribution is -2.19. The summed E-state index contributed by atoms with van der Waals surface area (Å²) in [6, 6.07) is 30.5. The van der Waals surface area contributed by atoms with Crippen molar-refractivity contribution in [3.8, 4) is 10.9 Å². The molecule has 9 rings (SSSR count). The van der Waals surface area contributed by atoms with Crippen LogP contribution in [0, 0.1) is 0 Å². The van der Waals surface area contributed by atoms with Gasteiger partial charge in [-0.15, -0.1) is 11.3 Å². The summed E-state index contributed by atoms with van der Waals surface area (Å²) in [6.07, 6.45) is 4.35. The zero-order valence-electron chi connectivity index (χ0n) is 19.0. The first-order chi connectivity index (χ1) is 17.8. The fourth-order valence-electron chi connectivity index (χ4n) is 6.06. The van der Waals surface area contributed by atoms with E-state index in [0.29, 0.717) is 0 Å². The first-order valence-electron chi connectivity index (χ1n) is 12.1. The van der Waals surface area contributed by atoms with E-state index in [1.165, 1.54) is 52.4 Å². The van der Waals surface area contributed by atoms with Crippen LogP contribution >= 0.6 is 22.7 Å². The van der Waals surface area contributed by atoms with Gasteiger partial charge in [0.05, 0.1) is 27.3 Å². The van der Waals surface area contributed by atoms with Gasteiger partial charge >= 0.3 is 0 Å². The predicted octanol–water partition coefficient (Wildman–Crippen LogP) is 8.53. The number of thiophene rings is 1. The van der Waals surface area contributed by atoms with Crippen molar-refractivity contribution in [3.05, 3.63) is 107 Å². The monoisotopic (exact) mass is 498 g/mol. The van der Waals surface area contributed by atoms with Crippen molar-refractivity contribution in [2.45, 2.75) is 12.0 Å². The second-order valence-electron chi connectivity index (χ2n) is 9.49. The maximum atomic E-state index is 6.29. The number of benzene rings is 4. The van der Waals surface area contributed by atoms with E-state index in [-0.39, 0.29) is 12.0 Å². The molecule has 36 heavy (non-hydrogen) atoms. The lowest BCUT2D eigenvalue weighted by Gasteiger charge is -2.18. The highest BCUT2D eigenvalue weighted by Crippen LogP contribution is 2.50. The topological polar surface area (TPSA) is 27.1 Å². The van der Waals surface area contributed by atoms with Gasteiger partial charge in [-0.05, 0) is 30.4 Å². The molecular weight excluding hydrogens is 480 g/mol. The Hall–Kier alpha value is -3.93. The maximum Gasteiger partial charge on any atom is 0.195 e. The van der Waals surface area contributed by atoms with Gasteiger partial charge in [-0.2, -0.15) is 0 Å². The fourth-order valence-corrected chi connectivity index (χ4v) is 8.53. The molecule has 7 aromatic rings. The Bertz CT molecular complexity index is 2060. The van der Waals surface area contributed by atoms with Crippen LogP contribution in [0.15, 0.2) is 91.0 Å². The van der Waals surface area contributed by atoms with Gasteiger partial charge in [0.2, 0.25) is 0 Å². The Morgan fingerprint density at radius 1 is 0.750 bits per heavy atom. The van der Waals surface area contributed by atoms with E-state index in [2.05, 4.69) is 95.6 Å². The van der Waals surface area contributed by atoms with Crippen molar-refractivity contribution in [1.82, 2.24) is 9.55 Å². The second kappa shape index (κ2) is 6.84. The molecule has 0 spiro atoms. The molecule has 2 aliphatic rings. The van der Waals surface area contributed by atoms with Gasteiger partial charge in [-0.25, -0.2) is 4.98 Å². The molecule has 0 saturated heterocycles. The van der Waals surface area contributed by atoms with E-state index in [1.54, 1.807) is 11.3 Å². The number of fused-ring (bicyclic) bond motifs is 12. The quantitative estimate of drug-likeness (QED) is 0.227. The predicted molar refractivity (Wildman–Crippen MR) is 151 cm³/mol. The number of hydrogen-bond acceptors (Lipinski definition) is 4. The summed E-state index contributed by atoms with van der Waals surface area (Å²) in [5.41, 5.74) is 4.78. The Labute approximate surface area is 214 Å². The summed E-state index contributed by atoms with van der Waals surface area (Å²) in [6.45, 7) is 0. The Kier molecular flexibility index (Phi) is 3.67. The molecule has 3 nitrogen and oxygen atoms in total. The van der Waals surface area contributed by atoms with Gasteiger partial charge in [0, 0.05) is 36.7 Å². The third-order valence-corrected chi connectivity index (χ3v) is 9.95. The van der Waals surface area contributed by atoms with Gasteiger partial charge in [0.15, 0.2) is 5.13 Å². The summed E-state index contributed by atoms with van der Waals surface area (Å²) in [4.78, 5) is 6.52. The molecule has 3 aromatic heterocycles. The van der Waals surface area contributed by atoms with E-state index < -0.39 is 0 Å². The lowest BCUT2D eigenvalue weighted by molar-refractivity contribution is 0.268. The molecule has 0 radical (unpaired) electrons. The minimum absolute atomic E-state index is 0.0376. The van der Waals surface area contributed by atoms with Gasteiger partial charge < -0.3 is 4.74 Å². The minimum atomic E-state index is 0.0376. The zero-order chi connectivity index (χ0) is 23.4. The summed E-state index contributed by atoms with van der Waals surface area (Å²) >= 11 is 3.68. The Morgan fingerprint density at radius 3 is 2.53 bits per heavy atom. The van der Waals surface area contributed by atoms with Gasteiger partial charge in [0.1, 0.15) is 11.9 Å². The van der Waals surface area contributed by atoms with Crippen molar-refractivity contribution in [3.63, 3.8) is 0 Å². The van der Waals surface area contributed by atoms with E-state index >= 15 is 0 Å². The Morgan fingerprint density at radius 2 is 1.56 bits per heavy atom. The van der Waals surface area contributed by atoms with Crippen LogP contribution in [0.2, 0.25) is 0 Å². The molecule has 2 atom stereocenters. The standard InChI is InChI=1S/C31H18N2OS2/c1-4-10-23-17(7-1)19-13-14-20-18-8-3-6-12-26(18)35-29(20)28(19)33(23)31-32-22-15-16-25-27(30(22)36-31)21-9-2-5-11-24(21)34-25/h1-16,25,27H. The number of rotatable bonds is 1. The average Bonchev–Trinajstić information content (AvgIpc) is 3.67. The third-order valence-electron chi connectivity index (χ3n) is 7.61. The largest absolute Gasteiger partial charge is 0.485 e. The molecule has 2 unspecified atom stereocenters. The van der Waals surface area contributed by atoms with Crippen molar-refractivity contribution in [2.24, 2.45) is 0 Å². The summed E-state index contributed by atoms with van der Waals surface area (Å²) in [5.74, 6) is 1.19. The maximum absolute atomic E-state index is 6.29. The van der Waals surface area contributed by atoms with E-state index in [1.807, 2.05) is 17.4 Å². The Balaban J connectivity index is 1.37. The van der Waals surface area contributed by atoms with Crippen LogP contribution in [0.4, 0.5) is 0 Å². The van der Waals surface area contributed by atoms with Crippen molar-refractivity contribution >= 4 is 70.7 Å². The number of aromatic nitrogens is 2. The number of ether oxygens (including phenoxy) is 1. The van der Waals surface area contributed by atoms with Gasteiger partial charge in [0.25, 0.3) is 0 Å².